The van der Waals surface area contributed by atoms with Gasteiger partial charge in [0.15, 0.2) is 5.82 Å². The zero-order chi connectivity index (χ0) is 13.1. The van der Waals surface area contributed by atoms with E-state index in [1.165, 1.54) is 12.8 Å². The van der Waals surface area contributed by atoms with Crippen molar-refractivity contribution in [2.75, 3.05) is 11.9 Å². The van der Waals surface area contributed by atoms with Gasteiger partial charge in [0.25, 0.3) is 5.56 Å². The van der Waals surface area contributed by atoms with E-state index in [9.17, 15) is 4.79 Å². The molecule has 3 N–H and O–H groups in total. The van der Waals surface area contributed by atoms with E-state index in [-0.39, 0.29) is 11.6 Å². The van der Waals surface area contributed by atoms with Gasteiger partial charge in [0, 0.05) is 31.5 Å². The van der Waals surface area contributed by atoms with Crippen LogP contribution in [0.3, 0.4) is 0 Å². The number of nitrogens with zero attached hydrogens (tertiary/aromatic N) is 2. The van der Waals surface area contributed by atoms with Gasteiger partial charge in [-0.2, -0.15) is 0 Å². The Kier molecular flexibility index (Phi) is 4.01. The first-order valence-corrected chi connectivity index (χ1v) is 6.63. The van der Waals surface area contributed by atoms with Crippen LogP contribution in [0, 0.1) is 11.8 Å². The standard InChI is InChI=1S/C13H22N4O/c1-9(2)8-17-6-5-15-12(13(17)18)16-7-11(14)10-3-4-10/h5-6,9-11H,3-4,7-8,14H2,1-2H3,(H,15,16). The van der Waals surface area contributed by atoms with Gasteiger partial charge in [0.1, 0.15) is 0 Å². The molecule has 1 fully saturated rings. The summed E-state index contributed by atoms with van der Waals surface area (Å²) in [5, 5.41) is 3.08. The van der Waals surface area contributed by atoms with Gasteiger partial charge in [-0.25, -0.2) is 4.98 Å². The molecule has 1 unspecified atom stereocenters. The van der Waals surface area contributed by atoms with E-state index in [2.05, 4.69) is 24.1 Å². The quantitative estimate of drug-likeness (QED) is 0.791. The minimum atomic E-state index is -0.0609. The molecule has 2 rings (SSSR count). The Morgan fingerprint density at radius 2 is 2.28 bits per heavy atom. The number of rotatable bonds is 6. The van der Waals surface area contributed by atoms with Crippen LogP contribution in [-0.2, 0) is 6.54 Å². The van der Waals surface area contributed by atoms with Crippen LogP contribution in [0.2, 0.25) is 0 Å². The van der Waals surface area contributed by atoms with E-state index < -0.39 is 0 Å². The summed E-state index contributed by atoms with van der Waals surface area (Å²) in [5.41, 5.74) is 5.94. The summed E-state index contributed by atoms with van der Waals surface area (Å²) in [6.45, 7) is 5.51. The van der Waals surface area contributed by atoms with Crippen LogP contribution in [0.4, 0.5) is 5.82 Å². The maximum Gasteiger partial charge on any atom is 0.293 e. The van der Waals surface area contributed by atoms with Crippen molar-refractivity contribution in [1.82, 2.24) is 9.55 Å². The maximum atomic E-state index is 12.1. The van der Waals surface area contributed by atoms with Gasteiger partial charge in [-0.3, -0.25) is 4.79 Å². The minimum Gasteiger partial charge on any atom is -0.364 e. The van der Waals surface area contributed by atoms with Crippen molar-refractivity contribution in [3.63, 3.8) is 0 Å². The van der Waals surface area contributed by atoms with Crippen molar-refractivity contribution in [2.45, 2.75) is 39.3 Å². The number of anilines is 1. The largest absolute Gasteiger partial charge is 0.364 e. The molecule has 0 saturated heterocycles. The number of nitrogens with two attached hydrogens (primary N) is 1. The molecule has 1 aliphatic carbocycles. The van der Waals surface area contributed by atoms with Gasteiger partial charge in [-0.05, 0) is 24.7 Å². The number of nitrogens with one attached hydrogen (secondary N) is 1. The van der Waals surface area contributed by atoms with Gasteiger partial charge in [-0.15, -0.1) is 0 Å². The Balaban J connectivity index is 2.01. The summed E-state index contributed by atoms with van der Waals surface area (Å²) in [6.07, 6.45) is 5.81. The van der Waals surface area contributed by atoms with Gasteiger partial charge in [-0.1, -0.05) is 13.8 Å². The van der Waals surface area contributed by atoms with E-state index in [0.717, 1.165) is 0 Å². The van der Waals surface area contributed by atoms with Crippen molar-refractivity contribution in [2.24, 2.45) is 17.6 Å². The van der Waals surface area contributed by atoms with E-state index in [1.54, 1.807) is 17.0 Å². The smallest absolute Gasteiger partial charge is 0.293 e. The summed E-state index contributed by atoms with van der Waals surface area (Å²) in [6, 6.07) is 0.130. The molecule has 1 aliphatic rings. The molecule has 1 aromatic rings. The Morgan fingerprint density at radius 1 is 1.56 bits per heavy atom. The second kappa shape index (κ2) is 5.52. The zero-order valence-corrected chi connectivity index (χ0v) is 11.1. The predicted octanol–water partition coefficient (Wildman–Crippen LogP) is 1.05. The second-order valence-corrected chi connectivity index (χ2v) is 5.51. The summed E-state index contributed by atoms with van der Waals surface area (Å²) in [4.78, 5) is 16.2. The fraction of sp³-hybridized carbons (Fsp3) is 0.692. The molecule has 1 atom stereocenters. The first kappa shape index (κ1) is 13.1. The lowest BCUT2D eigenvalue weighted by Gasteiger charge is -2.13. The van der Waals surface area contributed by atoms with Crippen LogP contribution >= 0.6 is 0 Å². The highest BCUT2D eigenvalue weighted by Gasteiger charge is 2.28. The molecular formula is C13H22N4O. The van der Waals surface area contributed by atoms with Crippen LogP contribution in [-0.4, -0.2) is 22.1 Å². The van der Waals surface area contributed by atoms with Gasteiger partial charge in [0.05, 0.1) is 0 Å². The Morgan fingerprint density at radius 3 is 2.89 bits per heavy atom. The van der Waals surface area contributed by atoms with Crippen molar-refractivity contribution in [3.05, 3.63) is 22.7 Å². The SMILES string of the molecule is CC(C)Cn1ccnc(NCC(N)C2CC2)c1=O. The molecule has 1 saturated carbocycles. The molecule has 1 heterocycles. The third kappa shape index (κ3) is 3.32. The summed E-state index contributed by atoms with van der Waals surface area (Å²) < 4.78 is 1.70. The molecular weight excluding hydrogens is 228 g/mol. The minimum absolute atomic E-state index is 0.0609. The average Bonchev–Trinajstić information content (AvgIpc) is 3.13. The van der Waals surface area contributed by atoms with Gasteiger partial charge < -0.3 is 15.6 Å². The van der Waals surface area contributed by atoms with Gasteiger partial charge >= 0.3 is 0 Å². The number of hydrogen-bond acceptors (Lipinski definition) is 4. The fourth-order valence-electron chi connectivity index (χ4n) is 2.01. The molecule has 0 amide bonds. The van der Waals surface area contributed by atoms with Crippen molar-refractivity contribution in [3.8, 4) is 0 Å². The Bertz CT molecular complexity index is 451. The van der Waals surface area contributed by atoms with E-state index in [0.29, 0.717) is 30.7 Å². The third-order valence-corrected chi connectivity index (χ3v) is 3.21. The molecule has 0 aliphatic heterocycles. The molecule has 100 valence electrons. The van der Waals surface area contributed by atoms with Gasteiger partial charge in [0.2, 0.25) is 0 Å². The molecule has 0 radical (unpaired) electrons. The maximum absolute atomic E-state index is 12.1. The molecule has 0 spiro atoms. The predicted molar refractivity (Wildman–Crippen MR) is 72.5 cm³/mol. The van der Waals surface area contributed by atoms with Crippen LogP contribution in [0.25, 0.3) is 0 Å². The first-order valence-electron chi connectivity index (χ1n) is 6.63. The summed E-state index contributed by atoms with van der Waals surface area (Å²) >= 11 is 0. The van der Waals surface area contributed by atoms with Crippen molar-refractivity contribution >= 4 is 5.82 Å². The normalized spacial score (nSPS) is 16.9. The van der Waals surface area contributed by atoms with Crippen molar-refractivity contribution in [1.29, 1.82) is 0 Å². The van der Waals surface area contributed by atoms with Crippen LogP contribution in [0.1, 0.15) is 26.7 Å². The molecule has 0 bridgehead atoms. The van der Waals surface area contributed by atoms with E-state index in [4.69, 9.17) is 5.73 Å². The Labute approximate surface area is 107 Å². The van der Waals surface area contributed by atoms with Crippen LogP contribution < -0.4 is 16.6 Å². The zero-order valence-electron chi connectivity index (χ0n) is 11.1. The molecule has 18 heavy (non-hydrogen) atoms. The topological polar surface area (TPSA) is 72.9 Å². The van der Waals surface area contributed by atoms with Crippen molar-refractivity contribution < 1.29 is 0 Å². The first-order chi connectivity index (χ1) is 8.58. The Hall–Kier alpha value is -1.36. The van der Waals surface area contributed by atoms with Crippen LogP contribution in [0.15, 0.2) is 17.2 Å². The fourth-order valence-corrected chi connectivity index (χ4v) is 2.01. The van der Waals surface area contributed by atoms with Crippen LogP contribution in [0.5, 0.6) is 0 Å². The van der Waals surface area contributed by atoms with E-state index in [1.807, 2.05) is 0 Å². The molecule has 5 heteroatoms. The third-order valence-electron chi connectivity index (χ3n) is 3.21. The monoisotopic (exact) mass is 250 g/mol. The van der Waals surface area contributed by atoms with E-state index >= 15 is 0 Å². The highest BCUT2D eigenvalue weighted by atomic mass is 16.1. The lowest BCUT2D eigenvalue weighted by molar-refractivity contribution is 0.509. The lowest BCUT2D eigenvalue weighted by atomic mass is 10.2. The second-order valence-electron chi connectivity index (χ2n) is 5.51. The lowest BCUT2D eigenvalue weighted by Crippen LogP contribution is -2.34. The molecule has 1 aromatic heterocycles. The molecule has 0 aromatic carbocycles. The number of aromatic nitrogens is 2. The summed E-state index contributed by atoms with van der Waals surface area (Å²) in [7, 11) is 0. The molecule has 5 nitrogen and oxygen atoms in total. The highest BCUT2D eigenvalue weighted by Crippen LogP contribution is 2.31. The average molecular weight is 250 g/mol. The highest BCUT2D eigenvalue weighted by molar-refractivity contribution is 5.31. The number of hydrogen-bond donors (Lipinski definition) is 2. The summed E-state index contributed by atoms with van der Waals surface area (Å²) in [5.74, 6) is 1.47.